The molecule has 1 heterocycles. The van der Waals surface area contributed by atoms with E-state index in [-0.39, 0.29) is 17.9 Å². The molecule has 0 radical (unpaired) electrons. The van der Waals surface area contributed by atoms with Crippen molar-refractivity contribution in [2.24, 2.45) is 0 Å². The molecule has 1 aromatic heterocycles. The molecule has 122 valence electrons. The van der Waals surface area contributed by atoms with Gasteiger partial charge < -0.3 is 5.32 Å². The standard InChI is InChI=1S/C16H14F3NO2S/c1-10(21)14-6-5-13(23-14)7-8-20-15(22)11-3-2-4-12(9-11)16(17,18)19/h2-6,9H,7-8H2,1H3,(H,20,22). The Kier molecular flexibility index (Phi) is 5.20. The van der Waals surface area contributed by atoms with E-state index in [2.05, 4.69) is 5.32 Å². The summed E-state index contributed by atoms with van der Waals surface area (Å²) in [5.41, 5.74) is -0.884. The molecule has 0 saturated heterocycles. The lowest BCUT2D eigenvalue weighted by atomic mass is 10.1. The van der Waals surface area contributed by atoms with Gasteiger partial charge in [-0.2, -0.15) is 13.2 Å². The van der Waals surface area contributed by atoms with E-state index in [1.807, 2.05) is 0 Å². The van der Waals surface area contributed by atoms with Crippen molar-refractivity contribution in [3.8, 4) is 0 Å². The normalized spacial score (nSPS) is 11.3. The maximum Gasteiger partial charge on any atom is 0.416 e. The number of hydrogen-bond donors (Lipinski definition) is 1. The number of rotatable bonds is 5. The van der Waals surface area contributed by atoms with Gasteiger partial charge in [0.25, 0.3) is 5.91 Å². The molecule has 0 fully saturated rings. The highest BCUT2D eigenvalue weighted by atomic mass is 32.1. The minimum Gasteiger partial charge on any atom is -0.352 e. The summed E-state index contributed by atoms with van der Waals surface area (Å²) in [6, 6.07) is 7.81. The number of Topliss-reactive ketones (excluding diaryl/α,β-unsaturated/α-hetero) is 1. The van der Waals surface area contributed by atoms with Crippen LogP contribution in [-0.2, 0) is 12.6 Å². The number of nitrogens with one attached hydrogen (secondary N) is 1. The second-order valence-corrected chi connectivity index (χ2v) is 6.07. The lowest BCUT2D eigenvalue weighted by Crippen LogP contribution is -2.25. The molecule has 0 aliphatic heterocycles. The summed E-state index contributed by atoms with van der Waals surface area (Å²) in [7, 11) is 0. The quantitative estimate of drug-likeness (QED) is 0.837. The number of carbonyl (C=O) groups excluding carboxylic acids is 2. The highest BCUT2D eigenvalue weighted by Crippen LogP contribution is 2.29. The number of amides is 1. The van der Waals surface area contributed by atoms with Crippen molar-refractivity contribution in [1.29, 1.82) is 0 Å². The molecule has 0 unspecified atom stereocenters. The molecular formula is C16H14F3NO2S. The molecule has 2 rings (SSSR count). The summed E-state index contributed by atoms with van der Waals surface area (Å²) in [6.07, 6.45) is -3.96. The first kappa shape index (κ1) is 17.2. The van der Waals surface area contributed by atoms with Gasteiger partial charge in [-0.25, -0.2) is 0 Å². The molecule has 1 aromatic carbocycles. The van der Waals surface area contributed by atoms with Gasteiger partial charge in [-0.05, 0) is 43.7 Å². The predicted molar refractivity (Wildman–Crippen MR) is 81.8 cm³/mol. The van der Waals surface area contributed by atoms with E-state index < -0.39 is 17.6 Å². The molecule has 0 atom stereocenters. The Morgan fingerprint density at radius 1 is 1.17 bits per heavy atom. The van der Waals surface area contributed by atoms with Crippen LogP contribution >= 0.6 is 11.3 Å². The molecule has 7 heteroatoms. The van der Waals surface area contributed by atoms with E-state index >= 15 is 0 Å². The molecule has 0 bridgehead atoms. The second-order valence-electron chi connectivity index (χ2n) is 4.91. The summed E-state index contributed by atoms with van der Waals surface area (Å²) >= 11 is 1.34. The van der Waals surface area contributed by atoms with Crippen molar-refractivity contribution in [2.75, 3.05) is 6.54 Å². The molecule has 0 saturated carbocycles. The molecular weight excluding hydrogens is 327 g/mol. The molecule has 2 aromatic rings. The van der Waals surface area contributed by atoms with Gasteiger partial charge in [0.2, 0.25) is 0 Å². The Morgan fingerprint density at radius 2 is 1.91 bits per heavy atom. The van der Waals surface area contributed by atoms with Crippen LogP contribution < -0.4 is 5.32 Å². The van der Waals surface area contributed by atoms with Crippen LogP contribution in [0.2, 0.25) is 0 Å². The van der Waals surface area contributed by atoms with E-state index in [9.17, 15) is 22.8 Å². The summed E-state index contributed by atoms with van der Waals surface area (Å²) in [5.74, 6) is -0.575. The van der Waals surface area contributed by atoms with Gasteiger partial charge in [-0.3, -0.25) is 9.59 Å². The monoisotopic (exact) mass is 341 g/mol. The number of benzene rings is 1. The van der Waals surface area contributed by atoms with E-state index in [4.69, 9.17) is 0 Å². The fourth-order valence-electron chi connectivity index (χ4n) is 1.94. The van der Waals surface area contributed by atoms with Gasteiger partial charge in [0.15, 0.2) is 5.78 Å². The fourth-order valence-corrected chi connectivity index (χ4v) is 2.84. The zero-order chi connectivity index (χ0) is 17.0. The second kappa shape index (κ2) is 6.95. The van der Waals surface area contributed by atoms with Crippen molar-refractivity contribution < 1.29 is 22.8 Å². The zero-order valence-electron chi connectivity index (χ0n) is 12.2. The third-order valence-corrected chi connectivity index (χ3v) is 4.36. The van der Waals surface area contributed by atoms with Crippen LogP contribution in [0, 0.1) is 0 Å². The van der Waals surface area contributed by atoms with Gasteiger partial charge in [-0.1, -0.05) is 6.07 Å². The SMILES string of the molecule is CC(=O)c1ccc(CCNC(=O)c2cccc(C(F)(F)F)c2)s1. The maximum absolute atomic E-state index is 12.6. The van der Waals surface area contributed by atoms with Crippen molar-refractivity contribution in [1.82, 2.24) is 5.32 Å². The molecule has 0 aliphatic carbocycles. The Hall–Kier alpha value is -2.15. The van der Waals surface area contributed by atoms with Crippen molar-refractivity contribution in [3.63, 3.8) is 0 Å². The Bertz CT molecular complexity index is 722. The number of carbonyl (C=O) groups is 2. The van der Waals surface area contributed by atoms with Crippen LogP contribution in [-0.4, -0.2) is 18.2 Å². The number of thiophene rings is 1. The Labute approximate surface area is 135 Å². The van der Waals surface area contributed by atoms with Gasteiger partial charge in [0.05, 0.1) is 10.4 Å². The molecule has 23 heavy (non-hydrogen) atoms. The van der Waals surface area contributed by atoms with Crippen LogP contribution in [0.15, 0.2) is 36.4 Å². The number of ketones is 1. The first-order valence-corrected chi connectivity index (χ1v) is 7.64. The third kappa shape index (κ3) is 4.66. The van der Waals surface area contributed by atoms with Crippen molar-refractivity contribution >= 4 is 23.0 Å². The minimum absolute atomic E-state index is 0.0192. The Morgan fingerprint density at radius 3 is 2.52 bits per heavy atom. The summed E-state index contributed by atoms with van der Waals surface area (Å²) < 4.78 is 37.8. The first-order valence-electron chi connectivity index (χ1n) is 6.82. The first-order chi connectivity index (χ1) is 10.8. The topological polar surface area (TPSA) is 46.2 Å². The van der Waals surface area contributed by atoms with Gasteiger partial charge in [0.1, 0.15) is 0 Å². The smallest absolute Gasteiger partial charge is 0.352 e. The highest BCUT2D eigenvalue weighted by Gasteiger charge is 2.30. The molecule has 0 aliphatic rings. The maximum atomic E-state index is 12.6. The summed E-state index contributed by atoms with van der Waals surface area (Å²) in [6.45, 7) is 1.76. The van der Waals surface area contributed by atoms with E-state index in [1.165, 1.54) is 30.4 Å². The molecule has 3 nitrogen and oxygen atoms in total. The van der Waals surface area contributed by atoms with E-state index in [0.29, 0.717) is 11.3 Å². The average molecular weight is 341 g/mol. The average Bonchev–Trinajstić information content (AvgIpc) is 2.95. The highest BCUT2D eigenvalue weighted by molar-refractivity contribution is 7.14. The third-order valence-electron chi connectivity index (χ3n) is 3.12. The number of alkyl halides is 3. The summed E-state index contributed by atoms with van der Waals surface area (Å²) in [5, 5.41) is 2.58. The van der Waals surface area contributed by atoms with Gasteiger partial charge >= 0.3 is 6.18 Å². The zero-order valence-corrected chi connectivity index (χ0v) is 13.1. The van der Waals surface area contributed by atoms with Gasteiger partial charge in [0, 0.05) is 17.0 Å². The largest absolute Gasteiger partial charge is 0.416 e. The van der Waals surface area contributed by atoms with Crippen LogP contribution in [0.5, 0.6) is 0 Å². The Balaban J connectivity index is 1.93. The molecule has 1 N–H and O–H groups in total. The number of halogens is 3. The number of hydrogen-bond acceptors (Lipinski definition) is 3. The van der Waals surface area contributed by atoms with Crippen molar-refractivity contribution in [3.05, 3.63) is 57.3 Å². The minimum atomic E-state index is -4.48. The summed E-state index contributed by atoms with van der Waals surface area (Å²) in [4.78, 5) is 24.7. The predicted octanol–water partition coefficient (Wildman–Crippen LogP) is 3.94. The van der Waals surface area contributed by atoms with Gasteiger partial charge in [-0.15, -0.1) is 11.3 Å². The molecule has 1 amide bonds. The van der Waals surface area contributed by atoms with Crippen LogP contribution in [0.1, 0.15) is 37.4 Å². The van der Waals surface area contributed by atoms with Crippen LogP contribution in [0.25, 0.3) is 0 Å². The van der Waals surface area contributed by atoms with Crippen LogP contribution in [0.3, 0.4) is 0 Å². The van der Waals surface area contributed by atoms with E-state index in [0.717, 1.165) is 17.0 Å². The van der Waals surface area contributed by atoms with E-state index in [1.54, 1.807) is 12.1 Å². The van der Waals surface area contributed by atoms with Crippen LogP contribution in [0.4, 0.5) is 13.2 Å². The fraction of sp³-hybridized carbons (Fsp3) is 0.250. The molecule has 0 spiro atoms. The lowest BCUT2D eigenvalue weighted by molar-refractivity contribution is -0.137. The lowest BCUT2D eigenvalue weighted by Gasteiger charge is -2.09. The van der Waals surface area contributed by atoms with Crippen molar-refractivity contribution in [2.45, 2.75) is 19.5 Å².